The number of anilines is 1. The SMILES string of the molecule is CSc1nc2c([C@@H](C)Nc3ccc(F)cc3C(=O)NC3(C#N)CC3)cc(C)cc2c(=O)n1C. The Morgan fingerprint density at radius 2 is 2.06 bits per heavy atom. The van der Waals surface area contributed by atoms with Gasteiger partial charge in [-0.1, -0.05) is 17.8 Å². The van der Waals surface area contributed by atoms with Crippen molar-refractivity contribution in [3.05, 3.63) is 63.2 Å². The molecule has 1 atom stereocenters. The number of hydrogen-bond acceptors (Lipinski definition) is 6. The van der Waals surface area contributed by atoms with Gasteiger partial charge in [-0.15, -0.1) is 0 Å². The van der Waals surface area contributed by atoms with Crippen LogP contribution in [0.1, 0.15) is 47.3 Å². The molecular formula is C24H24FN5O2S. The van der Waals surface area contributed by atoms with Gasteiger partial charge in [0.05, 0.1) is 28.6 Å². The molecule has 170 valence electrons. The van der Waals surface area contributed by atoms with E-state index >= 15 is 0 Å². The molecule has 7 nitrogen and oxygen atoms in total. The number of nitrogens with zero attached hydrogens (tertiary/aromatic N) is 3. The van der Waals surface area contributed by atoms with E-state index in [0.717, 1.165) is 17.2 Å². The second kappa shape index (κ2) is 8.52. The second-order valence-electron chi connectivity index (χ2n) is 8.42. The normalized spacial score (nSPS) is 15.0. The number of amides is 1. The first-order valence-corrected chi connectivity index (χ1v) is 11.8. The van der Waals surface area contributed by atoms with Gasteiger partial charge < -0.3 is 10.6 Å². The van der Waals surface area contributed by atoms with Crippen LogP contribution in [0.4, 0.5) is 10.1 Å². The van der Waals surface area contributed by atoms with Crippen LogP contribution >= 0.6 is 11.8 Å². The number of hydrogen-bond donors (Lipinski definition) is 2. The molecule has 2 aromatic carbocycles. The van der Waals surface area contributed by atoms with Crippen molar-refractivity contribution in [1.29, 1.82) is 5.26 Å². The maximum Gasteiger partial charge on any atom is 0.261 e. The number of fused-ring (bicyclic) bond motifs is 1. The summed E-state index contributed by atoms with van der Waals surface area (Å²) < 4.78 is 15.5. The van der Waals surface area contributed by atoms with E-state index in [9.17, 15) is 19.2 Å². The van der Waals surface area contributed by atoms with Crippen LogP contribution in [-0.4, -0.2) is 27.3 Å². The number of carbonyl (C=O) groups excluding carboxylic acids is 1. The molecule has 0 saturated heterocycles. The Labute approximate surface area is 195 Å². The van der Waals surface area contributed by atoms with Crippen LogP contribution in [0, 0.1) is 24.1 Å². The third-order valence-corrected chi connectivity index (χ3v) is 6.61. The summed E-state index contributed by atoms with van der Waals surface area (Å²) in [6.07, 6.45) is 3.02. The molecule has 1 saturated carbocycles. The van der Waals surface area contributed by atoms with Crippen molar-refractivity contribution >= 4 is 34.3 Å². The molecule has 1 amide bonds. The van der Waals surface area contributed by atoms with E-state index in [4.69, 9.17) is 4.98 Å². The average molecular weight is 466 g/mol. The summed E-state index contributed by atoms with van der Waals surface area (Å²) in [5.41, 5.74) is 1.84. The van der Waals surface area contributed by atoms with Crippen LogP contribution in [-0.2, 0) is 7.05 Å². The molecule has 3 aromatic rings. The summed E-state index contributed by atoms with van der Waals surface area (Å²) in [5.74, 6) is -1.05. The van der Waals surface area contributed by atoms with Crippen molar-refractivity contribution < 1.29 is 9.18 Å². The fourth-order valence-electron chi connectivity index (χ4n) is 3.86. The third-order valence-electron chi connectivity index (χ3n) is 5.88. The first-order chi connectivity index (χ1) is 15.7. The van der Waals surface area contributed by atoms with Crippen molar-refractivity contribution in [1.82, 2.24) is 14.9 Å². The minimum Gasteiger partial charge on any atom is -0.378 e. The molecule has 1 aliphatic rings. The van der Waals surface area contributed by atoms with E-state index < -0.39 is 17.3 Å². The second-order valence-corrected chi connectivity index (χ2v) is 9.19. The van der Waals surface area contributed by atoms with Crippen molar-refractivity contribution in [3.8, 4) is 6.07 Å². The molecule has 0 radical (unpaired) electrons. The fourth-order valence-corrected chi connectivity index (χ4v) is 4.40. The zero-order chi connectivity index (χ0) is 23.9. The Hall–Kier alpha value is -3.38. The minimum absolute atomic E-state index is 0.119. The Kier molecular flexibility index (Phi) is 5.89. The molecule has 1 heterocycles. The monoisotopic (exact) mass is 465 g/mol. The van der Waals surface area contributed by atoms with Gasteiger partial charge in [-0.3, -0.25) is 14.2 Å². The molecule has 1 fully saturated rings. The third kappa shape index (κ3) is 4.31. The number of nitrogens with one attached hydrogen (secondary N) is 2. The number of nitriles is 1. The number of thioether (sulfide) groups is 1. The van der Waals surface area contributed by atoms with E-state index in [1.807, 2.05) is 32.2 Å². The van der Waals surface area contributed by atoms with Gasteiger partial charge in [0.25, 0.3) is 11.5 Å². The van der Waals surface area contributed by atoms with Crippen LogP contribution < -0.4 is 16.2 Å². The maximum atomic E-state index is 14.0. The summed E-state index contributed by atoms with van der Waals surface area (Å²) in [6.45, 7) is 3.81. The zero-order valence-corrected chi connectivity index (χ0v) is 19.6. The van der Waals surface area contributed by atoms with Crippen molar-refractivity contribution in [3.63, 3.8) is 0 Å². The Morgan fingerprint density at radius 1 is 1.33 bits per heavy atom. The van der Waals surface area contributed by atoms with Crippen molar-refractivity contribution in [2.75, 3.05) is 11.6 Å². The Morgan fingerprint density at radius 3 is 2.70 bits per heavy atom. The molecule has 4 rings (SSSR count). The first kappa shape index (κ1) is 22.8. The topological polar surface area (TPSA) is 99.8 Å². The summed E-state index contributed by atoms with van der Waals surface area (Å²) in [6, 6.07) is 9.48. The van der Waals surface area contributed by atoms with Crippen molar-refractivity contribution in [2.45, 2.75) is 43.4 Å². The lowest BCUT2D eigenvalue weighted by Crippen LogP contribution is -2.36. The van der Waals surface area contributed by atoms with Crippen LogP contribution in [0.5, 0.6) is 0 Å². The van der Waals surface area contributed by atoms with Gasteiger partial charge in [0, 0.05) is 18.3 Å². The quantitative estimate of drug-likeness (QED) is 0.421. The van der Waals surface area contributed by atoms with E-state index in [1.54, 1.807) is 7.05 Å². The average Bonchev–Trinajstić information content (AvgIpc) is 3.57. The number of aryl methyl sites for hydroxylation is 1. The smallest absolute Gasteiger partial charge is 0.261 e. The predicted octanol–water partition coefficient (Wildman–Crippen LogP) is 4.06. The van der Waals surface area contributed by atoms with Gasteiger partial charge in [-0.05, 0) is 62.8 Å². The molecular weight excluding hydrogens is 441 g/mol. The molecule has 1 aromatic heterocycles. The molecule has 1 aliphatic carbocycles. The minimum atomic E-state index is -0.864. The van der Waals surface area contributed by atoms with Gasteiger partial charge >= 0.3 is 0 Å². The molecule has 2 N–H and O–H groups in total. The molecule has 9 heteroatoms. The van der Waals surface area contributed by atoms with Crippen LogP contribution in [0.3, 0.4) is 0 Å². The van der Waals surface area contributed by atoms with Gasteiger partial charge in [-0.25, -0.2) is 9.37 Å². The number of halogens is 1. The summed E-state index contributed by atoms with van der Waals surface area (Å²) in [4.78, 5) is 30.5. The number of carbonyl (C=O) groups is 1. The van der Waals surface area contributed by atoms with Gasteiger partial charge in [-0.2, -0.15) is 5.26 Å². The van der Waals surface area contributed by atoms with Crippen LogP contribution in [0.2, 0.25) is 0 Å². The predicted molar refractivity (Wildman–Crippen MR) is 127 cm³/mol. The molecule has 0 spiro atoms. The highest BCUT2D eigenvalue weighted by atomic mass is 32.2. The highest BCUT2D eigenvalue weighted by molar-refractivity contribution is 7.98. The van der Waals surface area contributed by atoms with E-state index in [0.29, 0.717) is 34.6 Å². The van der Waals surface area contributed by atoms with Gasteiger partial charge in [0.2, 0.25) is 0 Å². The molecule has 0 bridgehead atoms. The highest BCUT2D eigenvalue weighted by Gasteiger charge is 2.45. The van der Waals surface area contributed by atoms with E-state index in [1.165, 1.54) is 28.5 Å². The zero-order valence-electron chi connectivity index (χ0n) is 18.8. The summed E-state index contributed by atoms with van der Waals surface area (Å²) in [7, 11) is 1.70. The summed E-state index contributed by atoms with van der Waals surface area (Å²) in [5, 5.41) is 16.4. The number of rotatable bonds is 6. The van der Waals surface area contributed by atoms with Gasteiger partial charge in [0.1, 0.15) is 11.4 Å². The van der Waals surface area contributed by atoms with Crippen molar-refractivity contribution in [2.24, 2.45) is 7.05 Å². The first-order valence-electron chi connectivity index (χ1n) is 10.5. The lowest BCUT2D eigenvalue weighted by atomic mass is 10.0. The number of aromatic nitrogens is 2. The standard InChI is InChI=1S/C24H24FN5O2S/c1-13-9-16(20-18(10-13)22(32)30(3)23(28-20)33-4)14(2)27-19-6-5-15(25)11-17(19)21(31)29-24(12-26)7-8-24/h5-6,9-11,14,27H,7-8H2,1-4H3,(H,29,31)/t14-/m1/s1. The molecule has 33 heavy (non-hydrogen) atoms. The van der Waals surface area contributed by atoms with Crippen LogP contribution in [0.15, 0.2) is 40.3 Å². The molecule has 0 aliphatic heterocycles. The number of benzene rings is 2. The van der Waals surface area contributed by atoms with E-state index in [-0.39, 0.29) is 17.2 Å². The van der Waals surface area contributed by atoms with Crippen LogP contribution in [0.25, 0.3) is 10.9 Å². The van der Waals surface area contributed by atoms with E-state index in [2.05, 4.69) is 16.7 Å². The maximum absolute atomic E-state index is 14.0. The largest absolute Gasteiger partial charge is 0.378 e. The summed E-state index contributed by atoms with van der Waals surface area (Å²) >= 11 is 1.38. The Bertz CT molecular complexity index is 1370. The van der Waals surface area contributed by atoms with Gasteiger partial charge in [0.15, 0.2) is 5.16 Å². The lowest BCUT2D eigenvalue weighted by Gasteiger charge is -2.21. The lowest BCUT2D eigenvalue weighted by molar-refractivity contribution is 0.0942. The molecule has 0 unspecified atom stereocenters. The fraction of sp³-hybridized carbons (Fsp3) is 0.333. The highest BCUT2D eigenvalue weighted by Crippen LogP contribution is 2.35. The Balaban J connectivity index is 1.74.